The molecule has 0 saturated carbocycles. The molecule has 130 valence electrons. The van der Waals surface area contributed by atoms with Gasteiger partial charge in [0.25, 0.3) is 11.8 Å². The van der Waals surface area contributed by atoms with E-state index in [-0.39, 0.29) is 23.0 Å². The van der Waals surface area contributed by atoms with Gasteiger partial charge in [0.2, 0.25) is 0 Å². The number of carbonyl (C=O) groups is 2. The van der Waals surface area contributed by atoms with Crippen LogP contribution in [-0.2, 0) is 9.59 Å². The Morgan fingerprint density at radius 2 is 1.73 bits per heavy atom. The molecule has 0 radical (unpaired) electrons. The van der Waals surface area contributed by atoms with Crippen LogP contribution in [0.5, 0.6) is 0 Å². The van der Waals surface area contributed by atoms with E-state index in [1.54, 1.807) is 42.5 Å². The molecule has 1 N–H and O–H groups in total. The van der Waals surface area contributed by atoms with E-state index in [2.05, 4.69) is 11.9 Å². The lowest BCUT2D eigenvalue weighted by Crippen LogP contribution is -2.53. The molecule has 1 heterocycles. The highest BCUT2D eigenvalue weighted by Gasteiger charge is 2.32. The second-order valence-electron chi connectivity index (χ2n) is 5.59. The Kier molecular flexibility index (Phi) is 5.04. The average Bonchev–Trinajstić information content (AvgIpc) is 2.63. The topological polar surface area (TPSA) is 49.4 Å². The van der Waals surface area contributed by atoms with Crippen molar-refractivity contribution in [3.05, 3.63) is 78.1 Å². The molecule has 0 spiro atoms. The number of benzene rings is 2. The molecule has 1 saturated heterocycles. The monoisotopic (exact) mass is 366 g/mol. The number of halogens is 1. The second-order valence-corrected chi connectivity index (χ2v) is 5.98. The van der Waals surface area contributed by atoms with Gasteiger partial charge in [0, 0.05) is 12.1 Å². The Labute approximate surface area is 155 Å². The first-order chi connectivity index (χ1) is 12.5. The van der Waals surface area contributed by atoms with Gasteiger partial charge < -0.3 is 0 Å². The molecule has 2 aromatic rings. The quantitative estimate of drug-likeness (QED) is 0.391. The van der Waals surface area contributed by atoms with Crippen LogP contribution in [0.25, 0.3) is 17.2 Å². The summed E-state index contributed by atoms with van der Waals surface area (Å²) in [5.41, 5.74) is 1.47. The van der Waals surface area contributed by atoms with Gasteiger partial charge in [0.05, 0.1) is 0 Å². The molecule has 26 heavy (non-hydrogen) atoms. The van der Waals surface area contributed by atoms with Gasteiger partial charge in [-0.3, -0.25) is 19.8 Å². The summed E-state index contributed by atoms with van der Waals surface area (Å²) in [5, 5.41) is 2.53. The van der Waals surface area contributed by atoms with Crippen LogP contribution in [0.15, 0.2) is 66.8 Å². The molecule has 0 bridgehead atoms. The highest BCUT2D eigenvalue weighted by molar-refractivity contribution is 7.80. The van der Waals surface area contributed by atoms with Gasteiger partial charge >= 0.3 is 0 Å². The number of thiocarbonyl (C=S) groups is 1. The van der Waals surface area contributed by atoms with E-state index in [0.717, 1.165) is 0 Å². The molecule has 1 fully saturated rings. The molecule has 0 unspecified atom stereocenters. The van der Waals surface area contributed by atoms with E-state index < -0.39 is 11.8 Å². The molecule has 0 aromatic heterocycles. The fraction of sp³-hybridized carbons (Fsp3) is 0.0500. The van der Waals surface area contributed by atoms with Crippen molar-refractivity contribution in [1.82, 2.24) is 10.2 Å². The maximum Gasteiger partial charge on any atom is 0.265 e. The van der Waals surface area contributed by atoms with Gasteiger partial charge in [-0.25, -0.2) is 4.39 Å². The van der Waals surface area contributed by atoms with Crippen LogP contribution >= 0.6 is 12.2 Å². The summed E-state index contributed by atoms with van der Waals surface area (Å²) in [7, 11) is 0. The SMILES string of the molecule is C=CCN1C(=O)/C(=C/c2ccccc2-c2ccccc2F)C(=O)NC1=S. The maximum atomic E-state index is 14.2. The van der Waals surface area contributed by atoms with E-state index in [4.69, 9.17) is 12.2 Å². The third kappa shape index (κ3) is 3.32. The van der Waals surface area contributed by atoms with E-state index in [1.807, 2.05) is 0 Å². The largest absolute Gasteiger partial charge is 0.298 e. The molecule has 0 aliphatic carbocycles. The number of hydrogen-bond donors (Lipinski definition) is 1. The van der Waals surface area contributed by atoms with Gasteiger partial charge in [0.15, 0.2) is 5.11 Å². The van der Waals surface area contributed by atoms with Crippen LogP contribution in [0.1, 0.15) is 5.56 Å². The van der Waals surface area contributed by atoms with E-state index in [1.165, 1.54) is 23.1 Å². The summed E-state index contributed by atoms with van der Waals surface area (Å²) < 4.78 is 14.2. The molecule has 2 amide bonds. The lowest BCUT2D eigenvalue weighted by Gasteiger charge is -2.27. The number of hydrogen-bond acceptors (Lipinski definition) is 3. The molecule has 4 nitrogen and oxygen atoms in total. The van der Waals surface area contributed by atoms with Gasteiger partial charge in [-0.05, 0) is 35.5 Å². The molecule has 6 heteroatoms. The van der Waals surface area contributed by atoms with Crippen molar-refractivity contribution >= 4 is 35.2 Å². The molecular weight excluding hydrogens is 351 g/mol. The van der Waals surface area contributed by atoms with Crippen molar-refractivity contribution < 1.29 is 14.0 Å². The minimum atomic E-state index is -0.580. The lowest BCUT2D eigenvalue weighted by molar-refractivity contribution is -0.128. The Hall–Kier alpha value is -3.12. The third-order valence-electron chi connectivity index (χ3n) is 3.92. The van der Waals surface area contributed by atoms with E-state index in [0.29, 0.717) is 16.7 Å². The van der Waals surface area contributed by atoms with Gasteiger partial charge in [-0.15, -0.1) is 6.58 Å². The maximum absolute atomic E-state index is 14.2. The highest BCUT2D eigenvalue weighted by atomic mass is 32.1. The number of nitrogens with zero attached hydrogens (tertiary/aromatic N) is 1. The minimum absolute atomic E-state index is 0.0411. The first kappa shape index (κ1) is 17.7. The van der Waals surface area contributed by atoms with Gasteiger partial charge in [-0.1, -0.05) is 48.5 Å². The predicted octanol–water partition coefficient (Wildman–Crippen LogP) is 3.31. The first-order valence-electron chi connectivity index (χ1n) is 7.86. The smallest absolute Gasteiger partial charge is 0.265 e. The van der Waals surface area contributed by atoms with Crippen molar-refractivity contribution in [2.75, 3.05) is 6.54 Å². The highest BCUT2D eigenvalue weighted by Crippen LogP contribution is 2.28. The van der Waals surface area contributed by atoms with Gasteiger partial charge in [-0.2, -0.15) is 0 Å². The summed E-state index contributed by atoms with van der Waals surface area (Å²) in [5.74, 6) is -1.47. The second kappa shape index (κ2) is 7.41. The Balaban J connectivity index is 2.09. The zero-order valence-electron chi connectivity index (χ0n) is 13.7. The van der Waals surface area contributed by atoms with Crippen molar-refractivity contribution in [2.45, 2.75) is 0 Å². The summed E-state index contributed by atoms with van der Waals surface area (Å²) in [6.07, 6.45) is 2.98. The molecule has 2 aromatic carbocycles. The van der Waals surface area contributed by atoms with Crippen molar-refractivity contribution in [2.24, 2.45) is 0 Å². The molecule has 1 aliphatic heterocycles. The minimum Gasteiger partial charge on any atom is -0.298 e. The van der Waals surface area contributed by atoms with Crippen molar-refractivity contribution in [3.8, 4) is 11.1 Å². The van der Waals surface area contributed by atoms with Crippen molar-refractivity contribution in [3.63, 3.8) is 0 Å². The third-order valence-corrected chi connectivity index (χ3v) is 4.24. The average molecular weight is 366 g/mol. The first-order valence-corrected chi connectivity index (χ1v) is 8.27. The summed E-state index contributed by atoms with van der Waals surface area (Å²) >= 11 is 5.03. The van der Waals surface area contributed by atoms with Crippen LogP contribution < -0.4 is 5.32 Å². The summed E-state index contributed by atoms with van der Waals surface area (Å²) in [6.45, 7) is 3.77. The van der Waals surface area contributed by atoms with Crippen LogP contribution in [0.4, 0.5) is 4.39 Å². The van der Waals surface area contributed by atoms with E-state index >= 15 is 0 Å². The zero-order chi connectivity index (χ0) is 18.7. The van der Waals surface area contributed by atoms with Crippen molar-refractivity contribution in [1.29, 1.82) is 0 Å². The fourth-order valence-electron chi connectivity index (χ4n) is 2.69. The van der Waals surface area contributed by atoms with Gasteiger partial charge in [0.1, 0.15) is 11.4 Å². The molecule has 1 aliphatic rings. The molecular formula is C20H15FN2O2S. The van der Waals surface area contributed by atoms with Crippen LogP contribution in [0.2, 0.25) is 0 Å². The fourth-order valence-corrected chi connectivity index (χ4v) is 2.94. The lowest BCUT2D eigenvalue weighted by atomic mass is 9.97. The Morgan fingerprint density at radius 3 is 2.42 bits per heavy atom. The van der Waals surface area contributed by atoms with Crippen LogP contribution in [0.3, 0.4) is 0 Å². The number of amides is 2. The van der Waals surface area contributed by atoms with Crippen LogP contribution in [-0.4, -0.2) is 28.4 Å². The Morgan fingerprint density at radius 1 is 1.08 bits per heavy atom. The summed E-state index contributed by atoms with van der Waals surface area (Å²) in [6, 6.07) is 13.3. The Bertz CT molecular complexity index is 952. The predicted molar refractivity (Wildman–Crippen MR) is 102 cm³/mol. The van der Waals surface area contributed by atoms with E-state index in [9.17, 15) is 14.0 Å². The zero-order valence-corrected chi connectivity index (χ0v) is 14.6. The normalized spacial score (nSPS) is 16.0. The standard InChI is InChI=1S/C20H15FN2O2S/c1-2-11-23-19(25)16(18(24)22-20(23)26)12-13-7-3-4-8-14(13)15-9-5-6-10-17(15)21/h2-10,12H,1,11H2,(H,22,24,26)/b16-12+. The number of carbonyl (C=O) groups excluding carboxylic acids is 2. The number of rotatable bonds is 4. The number of nitrogens with one attached hydrogen (secondary N) is 1. The molecule has 3 rings (SSSR count). The summed E-state index contributed by atoms with van der Waals surface area (Å²) in [4.78, 5) is 26.2. The van der Waals surface area contributed by atoms with Crippen LogP contribution in [0, 0.1) is 5.82 Å². The molecule has 0 atom stereocenters.